The molecule has 52 heavy (non-hydrogen) atoms. The third-order valence-electron chi connectivity index (χ3n) is 14.3. The van der Waals surface area contributed by atoms with Gasteiger partial charge in [0, 0.05) is 23.0 Å². The highest BCUT2D eigenvalue weighted by Crippen LogP contribution is 2.62. The predicted octanol–water partition coefficient (Wildman–Crippen LogP) is 11.7. The molecule has 0 spiro atoms. The van der Waals surface area contributed by atoms with E-state index in [-0.39, 0.29) is 53.0 Å². The van der Waals surface area contributed by atoms with Crippen LogP contribution in [0.4, 0.5) is 0 Å². The standard InChI is InChI=1S/C23H34O3.C23H32O2.CH4/c1-14-10-16(12-17(11-14)26-6)21(25)20-15(2)18(24)13-19-22(3,4)8-7-9-23(19,20)5;1-15-12-17(14-18(13-15)25-6)21(24)20-16(2)8-9-19-22(3,4)10-7-11-23(19,20)5;/h10-12,15,18-20,24H,7-9,13H2,1-6H3;8,12-14,19-20H,7,9-11H2,1-6H3;1H4/t15-,18+,19-,20+,23-;19-,20+,23-;/m00./s1. The van der Waals surface area contributed by atoms with Gasteiger partial charge < -0.3 is 14.6 Å². The fraction of sp³-hybridized carbons (Fsp3) is 0.660. The van der Waals surface area contributed by atoms with Gasteiger partial charge in [0.25, 0.3) is 0 Å². The molecule has 1 N–H and O–H groups in total. The Labute approximate surface area is 316 Å². The summed E-state index contributed by atoms with van der Waals surface area (Å²) in [4.78, 5) is 27.3. The number of benzene rings is 2. The Kier molecular flexibility index (Phi) is 12.4. The van der Waals surface area contributed by atoms with Gasteiger partial charge in [0.05, 0.1) is 20.3 Å². The number of ether oxygens (including phenoxy) is 2. The number of methoxy groups -OCH3 is 2. The van der Waals surface area contributed by atoms with Gasteiger partial charge in [-0.25, -0.2) is 0 Å². The minimum atomic E-state index is -0.411. The molecule has 0 aromatic heterocycles. The number of hydrogen-bond acceptors (Lipinski definition) is 5. The fourth-order valence-electron chi connectivity index (χ4n) is 11.9. The van der Waals surface area contributed by atoms with Crippen molar-refractivity contribution in [3.05, 3.63) is 70.3 Å². The first-order valence-electron chi connectivity index (χ1n) is 19.5. The number of aliphatic hydroxyl groups excluding tert-OH is 1. The van der Waals surface area contributed by atoms with E-state index in [0.29, 0.717) is 17.3 Å². The van der Waals surface area contributed by atoms with Gasteiger partial charge in [-0.1, -0.05) is 80.4 Å². The van der Waals surface area contributed by atoms with Gasteiger partial charge in [-0.05, 0) is 146 Å². The monoisotopic (exact) mass is 715 g/mol. The van der Waals surface area contributed by atoms with Crippen molar-refractivity contribution in [3.63, 3.8) is 0 Å². The SMILES string of the molecule is C.COc1cc(C)cc(C(=O)[C@H]2C(C)=CC[C@H]3C(C)(C)CCC[C@]23C)c1.COc1cc(C)cc(C(=O)[C@H]2[C@@H](C)[C@H](O)C[C@H]3C(C)(C)CCC[C@]23C)c1. The highest BCUT2D eigenvalue weighted by atomic mass is 16.5. The zero-order valence-corrected chi connectivity index (χ0v) is 33.7. The number of aliphatic hydroxyl groups is 1. The number of Topliss-reactive ketones (excluding diaryl/α,β-unsaturated/α-hetero) is 2. The summed E-state index contributed by atoms with van der Waals surface area (Å²) in [5.74, 6) is 2.68. The van der Waals surface area contributed by atoms with Crippen LogP contribution in [-0.2, 0) is 0 Å². The summed E-state index contributed by atoms with van der Waals surface area (Å²) in [5.41, 5.74) is 5.32. The van der Waals surface area contributed by atoms with Gasteiger partial charge in [-0.3, -0.25) is 9.59 Å². The summed E-state index contributed by atoms with van der Waals surface area (Å²) in [6.45, 7) is 22.3. The lowest BCUT2D eigenvalue weighted by Crippen LogP contribution is -2.57. The van der Waals surface area contributed by atoms with Crippen LogP contribution in [0.2, 0.25) is 0 Å². The van der Waals surface area contributed by atoms with Gasteiger partial charge in [0.1, 0.15) is 11.5 Å². The second-order valence-corrected chi connectivity index (χ2v) is 18.8. The van der Waals surface area contributed by atoms with Crippen LogP contribution in [0.3, 0.4) is 0 Å². The molecule has 288 valence electrons. The lowest BCUT2D eigenvalue weighted by molar-refractivity contribution is -0.125. The molecule has 0 aliphatic heterocycles. The summed E-state index contributed by atoms with van der Waals surface area (Å²) in [6, 6.07) is 11.7. The highest BCUT2D eigenvalue weighted by molar-refractivity contribution is 6.01. The number of ketones is 2. The van der Waals surface area contributed by atoms with E-state index in [1.165, 1.54) is 24.8 Å². The Morgan fingerprint density at radius 1 is 0.692 bits per heavy atom. The van der Waals surface area contributed by atoms with Gasteiger partial charge >= 0.3 is 0 Å². The van der Waals surface area contributed by atoms with E-state index < -0.39 is 6.10 Å². The molecule has 5 nitrogen and oxygen atoms in total. The third-order valence-corrected chi connectivity index (χ3v) is 14.3. The quantitative estimate of drug-likeness (QED) is 0.238. The molecular weight excluding hydrogens is 645 g/mol. The Balaban J connectivity index is 0.000000228. The van der Waals surface area contributed by atoms with Crippen LogP contribution in [0.5, 0.6) is 11.5 Å². The van der Waals surface area contributed by atoms with Gasteiger partial charge in [-0.2, -0.15) is 0 Å². The number of carbonyl (C=O) groups excluding carboxylic acids is 2. The summed E-state index contributed by atoms with van der Waals surface area (Å²) in [6.07, 6.45) is 10.9. The van der Waals surface area contributed by atoms with Crippen LogP contribution in [0.1, 0.15) is 146 Å². The summed E-state index contributed by atoms with van der Waals surface area (Å²) >= 11 is 0. The van der Waals surface area contributed by atoms with E-state index in [1.807, 2.05) is 50.2 Å². The van der Waals surface area contributed by atoms with Gasteiger partial charge in [0.2, 0.25) is 0 Å². The number of fused-ring (bicyclic) bond motifs is 2. The van der Waals surface area contributed by atoms with E-state index >= 15 is 0 Å². The molecular formula is C47H70O5. The Morgan fingerprint density at radius 2 is 1.17 bits per heavy atom. The van der Waals surface area contributed by atoms with Crippen molar-refractivity contribution < 1.29 is 24.2 Å². The maximum Gasteiger partial charge on any atom is 0.170 e. The zero-order chi connectivity index (χ0) is 37.7. The van der Waals surface area contributed by atoms with Crippen molar-refractivity contribution >= 4 is 11.6 Å². The Bertz CT molecular complexity index is 1650. The van der Waals surface area contributed by atoms with Crippen LogP contribution in [0.25, 0.3) is 0 Å². The first kappa shape index (κ1) is 41.8. The van der Waals surface area contributed by atoms with Crippen molar-refractivity contribution in [2.24, 2.45) is 51.2 Å². The number of hydrogen-bond donors (Lipinski definition) is 1. The normalized spacial score (nSPS) is 33.1. The van der Waals surface area contributed by atoms with Crippen molar-refractivity contribution in [1.82, 2.24) is 0 Å². The zero-order valence-electron chi connectivity index (χ0n) is 33.7. The first-order chi connectivity index (χ1) is 23.8. The molecule has 4 aliphatic carbocycles. The van der Waals surface area contributed by atoms with Crippen molar-refractivity contribution in [2.45, 2.75) is 134 Å². The second-order valence-electron chi connectivity index (χ2n) is 18.8. The molecule has 3 saturated carbocycles. The lowest BCUT2D eigenvalue weighted by atomic mass is 9.45. The first-order valence-corrected chi connectivity index (χ1v) is 19.5. The number of carbonyl (C=O) groups is 2. The van der Waals surface area contributed by atoms with Gasteiger partial charge in [-0.15, -0.1) is 0 Å². The molecule has 2 aromatic rings. The molecule has 0 unspecified atom stereocenters. The van der Waals surface area contributed by atoms with E-state index in [0.717, 1.165) is 65.9 Å². The maximum atomic E-state index is 13.7. The van der Waals surface area contributed by atoms with Crippen molar-refractivity contribution in [3.8, 4) is 11.5 Å². The summed E-state index contributed by atoms with van der Waals surface area (Å²) < 4.78 is 10.8. The van der Waals surface area contributed by atoms with Crippen LogP contribution < -0.4 is 9.47 Å². The highest BCUT2D eigenvalue weighted by Gasteiger charge is 2.58. The van der Waals surface area contributed by atoms with E-state index in [9.17, 15) is 14.7 Å². The third kappa shape index (κ3) is 7.68. The molecule has 0 amide bonds. The number of rotatable bonds is 6. The molecule has 3 fully saturated rings. The molecule has 0 saturated heterocycles. The maximum absolute atomic E-state index is 13.7. The topological polar surface area (TPSA) is 72.8 Å². The average Bonchev–Trinajstić information content (AvgIpc) is 3.04. The van der Waals surface area contributed by atoms with Crippen LogP contribution in [-0.4, -0.2) is 37.0 Å². The molecule has 5 heteroatoms. The smallest absolute Gasteiger partial charge is 0.170 e. The predicted molar refractivity (Wildman–Crippen MR) is 214 cm³/mol. The van der Waals surface area contributed by atoms with Crippen molar-refractivity contribution in [2.75, 3.05) is 14.2 Å². The molecule has 2 aromatic carbocycles. The Morgan fingerprint density at radius 3 is 1.69 bits per heavy atom. The second kappa shape index (κ2) is 15.4. The average molecular weight is 715 g/mol. The van der Waals surface area contributed by atoms with E-state index in [2.05, 4.69) is 61.5 Å². The summed E-state index contributed by atoms with van der Waals surface area (Å²) in [5, 5.41) is 10.8. The number of allylic oxidation sites excluding steroid dienone is 2. The van der Waals surface area contributed by atoms with Gasteiger partial charge in [0.15, 0.2) is 11.6 Å². The molecule has 4 aliphatic rings. The minimum absolute atomic E-state index is 0. The lowest BCUT2D eigenvalue weighted by Gasteiger charge is -2.59. The van der Waals surface area contributed by atoms with Crippen LogP contribution >= 0.6 is 0 Å². The molecule has 0 heterocycles. The van der Waals surface area contributed by atoms with Crippen LogP contribution in [0.15, 0.2) is 48.0 Å². The van der Waals surface area contributed by atoms with E-state index in [1.54, 1.807) is 14.2 Å². The minimum Gasteiger partial charge on any atom is -0.497 e. The van der Waals surface area contributed by atoms with Crippen molar-refractivity contribution in [1.29, 1.82) is 0 Å². The molecule has 6 rings (SSSR count). The Hall–Kier alpha value is -2.92. The largest absolute Gasteiger partial charge is 0.497 e. The fourth-order valence-corrected chi connectivity index (χ4v) is 11.9. The van der Waals surface area contributed by atoms with E-state index in [4.69, 9.17) is 9.47 Å². The molecule has 8 atom stereocenters. The molecule has 0 bridgehead atoms. The molecule has 0 radical (unpaired) electrons. The van der Waals surface area contributed by atoms with Crippen LogP contribution in [0, 0.1) is 65.1 Å². The number of aryl methyl sites for hydroxylation is 2. The summed E-state index contributed by atoms with van der Waals surface area (Å²) in [7, 11) is 3.30.